The molecular formula is C20H18BrNO3. The Balaban J connectivity index is 1.78. The zero-order valence-electron chi connectivity index (χ0n) is 13.7. The number of carbonyl (C=O) groups is 1. The number of phenolic OH excluding ortho intramolecular Hbond substituents is 1. The van der Waals surface area contributed by atoms with Crippen LogP contribution in [0.3, 0.4) is 0 Å². The molecule has 2 aromatic rings. The van der Waals surface area contributed by atoms with Gasteiger partial charge in [-0.25, -0.2) is 4.79 Å². The molecule has 0 spiro atoms. The number of methoxy groups -OCH3 is 1. The van der Waals surface area contributed by atoms with Crippen molar-refractivity contribution in [3.63, 3.8) is 0 Å². The summed E-state index contributed by atoms with van der Waals surface area (Å²) in [5.74, 6) is 0.471. The Hall–Kier alpha value is -2.27. The number of allylic oxidation sites excluding steroid dienone is 2. The molecule has 4 rings (SSSR count). The van der Waals surface area contributed by atoms with E-state index in [0.717, 1.165) is 27.7 Å². The number of esters is 1. The SMILES string of the molecule is COC(=O)c1ccc2c(c1)C1C=CCC1C(c1cc(Br)ccc1O)N2. The lowest BCUT2D eigenvalue weighted by atomic mass is 9.76. The van der Waals surface area contributed by atoms with Gasteiger partial charge in [0.15, 0.2) is 0 Å². The monoisotopic (exact) mass is 399 g/mol. The number of ether oxygens (including phenoxy) is 1. The summed E-state index contributed by atoms with van der Waals surface area (Å²) in [6.07, 6.45) is 5.31. The van der Waals surface area contributed by atoms with E-state index in [9.17, 15) is 9.90 Å². The quantitative estimate of drug-likeness (QED) is 0.564. The molecule has 5 heteroatoms. The fourth-order valence-corrected chi connectivity index (χ4v) is 4.30. The third-order valence-corrected chi connectivity index (χ3v) is 5.60. The Bertz CT molecular complexity index is 877. The molecule has 1 aliphatic heterocycles. The first-order valence-electron chi connectivity index (χ1n) is 8.22. The molecule has 128 valence electrons. The Kier molecular flexibility index (Phi) is 4.04. The number of nitrogens with one attached hydrogen (secondary N) is 1. The Labute approximate surface area is 154 Å². The number of fused-ring (bicyclic) bond motifs is 3. The number of hydrogen-bond acceptors (Lipinski definition) is 4. The smallest absolute Gasteiger partial charge is 0.337 e. The van der Waals surface area contributed by atoms with Gasteiger partial charge in [0.25, 0.3) is 0 Å². The van der Waals surface area contributed by atoms with E-state index in [0.29, 0.717) is 17.2 Å². The molecule has 0 saturated heterocycles. The second-order valence-electron chi connectivity index (χ2n) is 6.47. The van der Waals surface area contributed by atoms with E-state index < -0.39 is 0 Å². The van der Waals surface area contributed by atoms with Crippen LogP contribution in [0.15, 0.2) is 53.0 Å². The zero-order valence-corrected chi connectivity index (χ0v) is 15.3. The van der Waals surface area contributed by atoms with Gasteiger partial charge in [0.2, 0.25) is 0 Å². The lowest BCUT2D eigenvalue weighted by Crippen LogP contribution is -2.29. The maximum absolute atomic E-state index is 11.9. The van der Waals surface area contributed by atoms with E-state index in [1.807, 2.05) is 24.3 Å². The van der Waals surface area contributed by atoms with Gasteiger partial charge in [-0.3, -0.25) is 0 Å². The van der Waals surface area contributed by atoms with Gasteiger partial charge in [0, 0.05) is 21.6 Å². The van der Waals surface area contributed by atoms with Crippen molar-refractivity contribution in [2.24, 2.45) is 5.92 Å². The van der Waals surface area contributed by atoms with Crippen LogP contribution in [0.25, 0.3) is 0 Å². The van der Waals surface area contributed by atoms with Crippen molar-refractivity contribution < 1.29 is 14.6 Å². The maximum Gasteiger partial charge on any atom is 0.337 e. The molecule has 1 aliphatic carbocycles. The third kappa shape index (κ3) is 2.72. The molecule has 2 aliphatic rings. The van der Waals surface area contributed by atoms with Gasteiger partial charge in [-0.1, -0.05) is 28.1 Å². The highest BCUT2D eigenvalue weighted by atomic mass is 79.9. The molecule has 0 fully saturated rings. The van der Waals surface area contributed by atoms with E-state index in [-0.39, 0.29) is 17.9 Å². The van der Waals surface area contributed by atoms with Crippen LogP contribution in [0.5, 0.6) is 5.75 Å². The lowest BCUT2D eigenvalue weighted by molar-refractivity contribution is 0.0600. The van der Waals surface area contributed by atoms with Crippen LogP contribution in [0, 0.1) is 5.92 Å². The largest absolute Gasteiger partial charge is 0.508 e. The molecule has 2 N–H and O–H groups in total. The minimum atomic E-state index is -0.326. The average Bonchev–Trinajstić information content (AvgIpc) is 3.12. The Morgan fingerprint density at radius 3 is 2.88 bits per heavy atom. The van der Waals surface area contributed by atoms with Crippen LogP contribution in [-0.4, -0.2) is 18.2 Å². The van der Waals surface area contributed by atoms with Gasteiger partial charge in [0.05, 0.1) is 18.7 Å². The molecule has 0 amide bonds. The molecule has 3 unspecified atom stereocenters. The summed E-state index contributed by atoms with van der Waals surface area (Å²) in [5, 5.41) is 13.9. The van der Waals surface area contributed by atoms with E-state index in [4.69, 9.17) is 4.74 Å². The van der Waals surface area contributed by atoms with Crippen molar-refractivity contribution >= 4 is 27.6 Å². The minimum absolute atomic E-state index is 0.00831. The molecule has 0 bridgehead atoms. The predicted octanol–water partition coefficient (Wildman–Crippen LogP) is 4.77. The average molecular weight is 400 g/mol. The predicted molar refractivity (Wildman–Crippen MR) is 99.9 cm³/mol. The summed E-state index contributed by atoms with van der Waals surface area (Å²) in [6.45, 7) is 0. The zero-order chi connectivity index (χ0) is 17.6. The standard InChI is InChI=1S/C20H18BrNO3/c1-25-20(24)11-5-7-17-15(9-11)13-3-2-4-14(13)19(22-17)16-10-12(21)6-8-18(16)23/h2-3,5-10,13-14,19,22-23H,4H2,1H3. The van der Waals surface area contributed by atoms with Gasteiger partial charge in [-0.05, 0) is 54.3 Å². The first kappa shape index (κ1) is 16.2. The summed E-state index contributed by atoms with van der Waals surface area (Å²) in [5.41, 5.74) is 3.54. The first-order valence-corrected chi connectivity index (χ1v) is 9.01. The number of anilines is 1. The Morgan fingerprint density at radius 1 is 1.24 bits per heavy atom. The number of hydrogen-bond donors (Lipinski definition) is 2. The van der Waals surface area contributed by atoms with Crippen LogP contribution in [-0.2, 0) is 4.74 Å². The fourth-order valence-electron chi connectivity index (χ4n) is 3.92. The molecule has 0 aromatic heterocycles. The van der Waals surface area contributed by atoms with Crippen LogP contribution < -0.4 is 5.32 Å². The highest BCUT2D eigenvalue weighted by Gasteiger charge is 2.39. The van der Waals surface area contributed by atoms with Crippen LogP contribution in [0.2, 0.25) is 0 Å². The number of benzene rings is 2. The lowest BCUT2D eigenvalue weighted by Gasteiger charge is -2.38. The van der Waals surface area contributed by atoms with E-state index >= 15 is 0 Å². The van der Waals surface area contributed by atoms with Gasteiger partial charge in [-0.2, -0.15) is 0 Å². The van der Waals surface area contributed by atoms with Crippen molar-refractivity contribution in [3.05, 3.63) is 69.7 Å². The molecule has 2 aromatic carbocycles. The van der Waals surface area contributed by atoms with Crippen molar-refractivity contribution in [1.29, 1.82) is 0 Å². The van der Waals surface area contributed by atoms with Gasteiger partial charge in [-0.15, -0.1) is 0 Å². The normalized spacial score (nSPS) is 23.5. The van der Waals surface area contributed by atoms with Crippen molar-refractivity contribution in [1.82, 2.24) is 0 Å². The second kappa shape index (κ2) is 6.23. The van der Waals surface area contributed by atoms with Gasteiger partial charge >= 0.3 is 5.97 Å². The first-order chi connectivity index (χ1) is 12.1. The Morgan fingerprint density at radius 2 is 2.08 bits per heavy atom. The molecule has 4 nitrogen and oxygen atoms in total. The minimum Gasteiger partial charge on any atom is -0.508 e. The highest BCUT2D eigenvalue weighted by molar-refractivity contribution is 9.10. The summed E-state index contributed by atoms with van der Waals surface area (Å²) >= 11 is 3.49. The molecule has 0 radical (unpaired) electrons. The van der Waals surface area contributed by atoms with Crippen LogP contribution in [0.1, 0.15) is 39.9 Å². The van der Waals surface area contributed by atoms with E-state index in [1.54, 1.807) is 12.1 Å². The van der Waals surface area contributed by atoms with E-state index in [2.05, 4.69) is 33.4 Å². The molecule has 3 atom stereocenters. The van der Waals surface area contributed by atoms with Crippen molar-refractivity contribution in [2.75, 3.05) is 12.4 Å². The molecular weight excluding hydrogens is 382 g/mol. The third-order valence-electron chi connectivity index (χ3n) is 5.11. The number of rotatable bonds is 2. The van der Waals surface area contributed by atoms with Crippen LogP contribution >= 0.6 is 15.9 Å². The molecule has 0 saturated carbocycles. The maximum atomic E-state index is 11.9. The fraction of sp³-hybridized carbons (Fsp3) is 0.250. The van der Waals surface area contributed by atoms with Gasteiger partial charge in [0.1, 0.15) is 5.75 Å². The summed E-state index contributed by atoms with van der Waals surface area (Å²) in [6, 6.07) is 11.1. The summed E-state index contributed by atoms with van der Waals surface area (Å²) < 4.78 is 5.78. The number of carbonyl (C=O) groups excluding carboxylic acids is 1. The van der Waals surface area contributed by atoms with Crippen molar-refractivity contribution in [3.8, 4) is 5.75 Å². The van der Waals surface area contributed by atoms with E-state index in [1.165, 1.54) is 7.11 Å². The van der Waals surface area contributed by atoms with Crippen LogP contribution in [0.4, 0.5) is 5.69 Å². The second-order valence-corrected chi connectivity index (χ2v) is 7.39. The summed E-state index contributed by atoms with van der Waals surface area (Å²) in [4.78, 5) is 11.9. The molecule has 25 heavy (non-hydrogen) atoms. The summed E-state index contributed by atoms with van der Waals surface area (Å²) in [7, 11) is 1.39. The highest BCUT2D eigenvalue weighted by Crippen LogP contribution is 2.51. The topological polar surface area (TPSA) is 58.6 Å². The van der Waals surface area contributed by atoms with Crippen molar-refractivity contribution in [2.45, 2.75) is 18.4 Å². The number of halogens is 1. The number of phenols is 1. The number of aromatic hydroxyl groups is 1. The van der Waals surface area contributed by atoms with Gasteiger partial charge < -0.3 is 15.2 Å². The molecule has 1 heterocycles.